The van der Waals surface area contributed by atoms with Crippen molar-refractivity contribution in [3.63, 3.8) is 0 Å². The molecule has 1 aromatic heterocycles. The summed E-state index contributed by atoms with van der Waals surface area (Å²) < 4.78 is 20.3. The molecular weight excluding hydrogens is 365 g/mol. The molecule has 1 heterocycles. The van der Waals surface area contributed by atoms with Crippen molar-refractivity contribution in [2.45, 2.75) is 12.5 Å². The summed E-state index contributed by atoms with van der Waals surface area (Å²) >= 11 is 6.57. The van der Waals surface area contributed by atoms with Crippen LogP contribution in [0.3, 0.4) is 0 Å². The van der Waals surface area contributed by atoms with Crippen LogP contribution in [0.25, 0.3) is 0 Å². The van der Waals surface area contributed by atoms with Gasteiger partial charge in [-0.05, 0) is 65.3 Å². The molecule has 0 aliphatic carbocycles. The molecule has 2 rings (SSSR count). The average Bonchev–Trinajstić information content (AvgIpc) is 2.71. The largest absolute Gasteiger partial charge is 0.453 e. The first-order valence-electron chi connectivity index (χ1n) is 5.46. The lowest BCUT2D eigenvalue weighted by Gasteiger charge is -2.14. The van der Waals surface area contributed by atoms with Crippen molar-refractivity contribution in [2.75, 3.05) is 7.05 Å². The third-order valence-corrected chi connectivity index (χ3v) is 3.53. The first kappa shape index (κ1) is 13.8. The van der Waals surface area contributed by atoms with Crippen LogP contribution >= 0.6 is 31.9 Å². The average molecular weight is 377 g/mol. The lowest BCUT2D eigenvalue weighted by Crippen LogP contribution is -2.18. The van der Waals surface area contributed by atoms with Crippen LogP contribution in [0.15, 0.2) is 43.9 Å². The number of halogens is 3. The summed E-state index contributed by atoms with van der Waals surface area (Å²) in [6, 6.07) is 8.66. The van der Waals surface area contributed by atoms with E-state index in [1.54, 1.807) is 0 Å². The van der Waals surface area contributed by atoms with Crippen molar-refractivity contribution < 1.29 is 8.81 Å². The van der Waals surface area contributed by atoms with Crippen molar-refractivity contribution in [1.29, 1.82) is 0 Å². The van der Waals surface area contributed by atoms with Crippen molar-refractivity contribution in [2.24, 2.45) is 0 Å². The number of rotatable bonds is 4. The molecule has 96 valence electrons. The predicted molar refractivity (Wildman–Crippen MR) is 76.0 cm³/mol. The maximum atomic E-state index is 13.3. The Labute approximate surface area is 122 Å². The Morgan fingerprint density at radius 1 is 1.28 bits per heavy atom. The Balaban J connectivity index is 2.20. The van der Waals surface area contributed by atoms with E-state index in [0.717, 1.165) is 15.8 Å². The number of hydrogen-bond donors (Lipinski definition) is 1. The summed E-state index contributed by atoms with van der Waals surface area (Å²) in [7, 11) is 1.86. The van der Waals surface area contributed by atoms with Crippen LogP contribution in [0.2, 0.25) is 0 Å². The fraction of sp³-hybridized carbons (Fsp3) is 0.231. The van der Waals surface area contributed by atoms with Gasteiger partial charge in [0.2, 0.25) is 0 Å². The van der Waals surface area contributed by atoms with Crippen LogP contribution in [0.1, 0.15) is 17.4 Å². The minimum Gasteiger partial charge on any atom is -0.453 e. The molecule has 0 bridgehead atoms. The Morgan fingerprint density at radius 3 is 2.61 bits per heavy atom. The van der Waals surface area contributed by atoms with E-state index in [4.69, 9.17) is 4.42 Å². The molecule has 1 N–H and O–H groups in total. The van der Waals surface area contributed by atoms with Crippen LogP contribution in [-0.4, -0.2) is 7.05 Å². The molecule has 0 amide bonds. The fourth-order valence-electron chi connectivity index (χ4n) is 1.82. The molecule has 1 aromatic carbocycles. The highest BCUT2D eigenvalue weighted by Crippen LogP contribution is 2.25. The fourth-order valence-corrected chi connectivity index (χ4v) is 2.66. The molecule has 0 aliphatic heterocycles. The van der Waals surface area contributed by atoms with Crippen molar-refractivity contribution in [1.82, 2.24) is 5.32 Å². The second kappa shape index (κ2) is 5.99. The standard InChI is InChI=1S/C13H12Br2FNO/c1-17-11(12-2-3-13(15)18-12)6-8-4-9(14)7-10(16)5-8/h2-5,7,11,17H,6H2,1H3. The Morgan fingerprint density at radius 2 is 2.06 bits per heavy atom. The molecule has 0 spiro atoms. The second-order valence-corrected chi connectivity index (χ2v) is 5.66. The summed E-state index contributed by atoms with van der Waals surface area (Å²) in [5.41, 5.74) is 0.911. The van der Waals surface area contributed by atoms with Gasteiger partial charge in [-0.3, -0.25) is 0 Å². The Bertz CT molecular complexity index is 521. The molecule has 0 radical (unpaired) electrons. The second-order valence-electron chi connectivity index (χ2n) is 3.96. The molecule has 18 heavy (non-hydrogen) atoms. The van der Waals surface area contributed by atoms with Crippen LogP contribution in [0.5, 0.6) is 0 Å². The van der Waals surface area contributed by atoms with E-state index in [-0.39, 0.29) is 11.9 Å². The highest BCUT2D eigenvalue weighted by atomic mass is 79.9. The van der Waals surface area contributed by atoms with Gasteiger partial charge >= 0.3 is 0 Å². The first-order chi connectivity index (χ1) is 8.58. The number of benzene rings is 1. The summed E-state index contributed by atoms with van der Waals surface area (Å²) in [5, 5.41) is 3.17. The van der Waals surface area contributed by atoms with E-state index in [2.05, 4.69) is 37.2 Å². The predicted octanol–water partition coefficient (Wildman–Crippen LogP) is 4.45. The zero-order valence-electron chi connectivity index (χ0n) is 9.71. The number of hydrogen-bond acceptors (Lipinski definition) is 2. The van der Waals surface area contributed by atoms with Gasteiger partial charge in [-0.2, -0.15) is 0 Å². The summed E-state index contributed by atoms with van der Waals surface area (Å²) in [6.07, 6.45) is 0.660. The number of furan rings is 1. The maximum absolute atomic E-state index is 13.3. The van der Waals surface area contributed by atoms with E-state index in [1.165, 1.54) is 12.1 Å². The highest BCUT2D eigenvalue weighted by molar-refractivity contribution is 9.10. The maximum Gasteiger partial charge on any atom is 0.169 e. The van der Waals surface area contributed by atoms with Gasteiger partial charge in [0.15, 0.2) is 4.67 Å². The zero-order chi connectivity index (χ0) is 13.1. The summed E-state index contributed by atoms with van der Waals surface area (Å²) in [4.78, 5) is 0. The molecule has 2 aromatic rings. The highest BCUT2D eigenvalue weighted by Gasteiger charge is 2.14. The van der Waals surface area contributed by atoms with Gasteiger partial charge in [-0.1, -0.05) is 15.9 Å². The lowest BCUT2D eigenvalue weighted by atomic mass is 10.0. The minimum absolute atomic E-state index is 0.0185. The van der Waals surface area contributed by atoms with Gasteiger partial charge in [0.1, 0.15) is 11.6 Å². The van der Waals surface area contributed by atoms with Crippen LogP contribution in [-0.2, 0) is 6.42 Å². The molecule has 1 atom stereocenters. The summed E-state index contributed by atoms with van der Waals surface area (Å²) in [6.45, 7) is 0. The van der Waals surface area contributed by atoms with E-state index < -0.39 is 0 Å². The van der Waals surface area contributed by atoms with E-state index >= 15 is 0 Å². The third kappa shape index (κ3) is 3.43. The van der Waals surface area contributed by atoms with Gasteiger partial charge in [0.05, 0.1) is 6.04 Å². The van der Waals surface area contributed by atoms with Crippen LogP contribution in [0, 0.1) is 5.82 Å². The molecule has 0 saturated heterocycles. The van der Waals surface area contributed by atoms with E-state index in [1.807, 2.05) is 25.2 Å². The number of likely N-dealkylation sites (N-methyl/N-ethyl adjacent to an activating group) is 1. The normalized spacial score (nSPS) is 12.7. The topological polar surface area (TPSA) is 25.2 Å². The van der Waals surface area contributed by atoms with E-state index in [9.17, 15) is 4.39 Å². The van der Waals surface area contributed by atoms with Crippen molar-refractivity contribution in [3.8, 4) is 0 Å². The van der Waals surface area contributed by atoms with E-state index in [0.29, 0.717) is 11.1 Å². The molecule has 0 saturated carbocycles. The van der Waals surface area contributed by atoms with Crippen LogP contribution < -0.4 is 5.32 Å². The molecule has 0 fully saturated rings. The molecule has 0 aliphatic rings. The smallest absolute Gasteiger partial charge is 0.169 e. The first-order valence-corrected chi connectivity index (χ1v) is 7.04. The minimum atomic E-state index is -0.241. The van der Waals surface area contributed by atoms with Crippen LogP contribution in [0.4, 0.5) is 4.39 Å². The Hall–Kier alpha value is -0.650. The zero-order valence-corrected chi connectivity index (χ0v) is 12.9. The molecular formula is C13H12Br2FNO. The van der Waals surface area contributed by atoms with Gasteiger partial charge in [-0.15, -0.1) is 0 Å². The third-order valence-electron chi connectivity index (χ3n) is 2.65. The van der Waals surface area contributed by atoms with Gasteiger partial charge in [0.25, 0.3) is 0 Å². The van der Waals surface area contributed by atoms with Gasteiger partial charge in [-0.25, -0.2) is 4.39 Å². The SMILES string of the molecule is CNC(Cc1cc(F)cc(Br)c1)c1ccc(Br)o1. The van der Waals surface area contributed by atoms with Gasteiger partial charge < -0.3 is 9.73 Å². The lowest BCUT2D eigenvalue weighted by molar-refractivity contribution is 0.416. The Kier molecular flexibility index (Phi) is 4.59. The number of nitrogens with one attached hydrogen (secondary N) is 1. The van der Waals surface area contributed by atoms with Crippen molar-refractivity contribution in [3.05, 3.63) is 56.6 Å². The molecule has 5 heteroatoms. The molecule has 1 unspecified atom stereocenters. The summed E-state index contributed by atoms with van der Waals surface area (Å²) in [5.74, 6) is 0.583. The quantitative estimate of drug-likeness (QED) is 0.852. The van der Waals surface area contributed by atoms with Gasteiger partial charge in [0, 0.05) is 4.47 Å². The monoisotopic (exact) mass is 375 g/mol. The van der Waals surface area contributed by atoms with Crippen molar-refractivity contribution >= 4 is 31.9 Å². The molecule has 2 nitrogen and oxygen atoms in total.